The van der Waals surface area contributed by atoms with Crippen LogP contribution in [0.25, 0.3) is 0 Å². The third-order valence-corrected chi connectivity index (χ3v) is 5.89. The van der Waals surface area contributed by atoms with Gasteiger partial charge in [-0.3, -0.25) is 0 Å². The number of phenols is 4. The van der Waals surface area contributed by atoms with Crippen molar-refractivity contribution in [2.45, 2.75) is 49.1 Å². The van der Waals surface area contributed by atoms with E-state index in [4.69, 9.17) is 9.47 Å². The monoisotopic (exact) mass is 452 g/mol. The summed E-state index contributed by atoms with van der Waals surface area (Å²) >= 11 is 0. The van der Waals surface area contributed by atoms with Crippen molar-refractivity contribution in [2.75, 3.05) is 6.61 Å². The van der Waals surface area contributed by atoms with E-state index in [1.165, 1.54) is 18.2 Å². The molecule has 0 spiro atoms. The Kier molecular flexibility index (Phi) is 5.79. The molecule has 0 unspecified atom stereocenters. The van der Waals surface area contributed by atoms with E-state index < -0.39 is 66.6 Å². The molecule has 2 aromatic rings. The van der Waals surface area contributed by atoms with Crippen molar-refractivity contribution >= 4 is 0 Å². The van der Waals surface area contributed by atoms with E-state index in [0.717, 1.165) is 6.07 Å². The highest BCUT2D eigenvalue weighted by Gasteiger charge is 2.47. The molecule has 174 valence electrons. The molecule has 2 aliphatic heterocycles. The van der Waals surface area contributed by atoms with E-state index in [2.05, 4.69) is 0 Å². The van der Waals surface area contributed by atoms with Crippen LogP contribution in [0.5, 0.6) is 28.7 Å². The third-order valence-electron chi connectivity index (χ3n) is 5.89. The fourth-order valence-corrected chi connectivity index (χ4v) is 4.17. The molecule has 0 radical (unpaired) electrons. The number of rotatable bonds is 3. The van der Waals surface area contributed by atoms with Crippen LogP contribution < -0.4 is 4.74 Å². The standard InChI is InChI=1S/C21H24O11/c22-6-14-16(28)17(29)18(30)21(31-14)15-12(26)5-10(24)8-4-13(27)19(32-20(8)15)7-1-2-9(23)11(25)3-7/h1-3,5,13-14,16-19,21-30H,4,6H2/t13-,14-,16+,17+,18-,19-,21+/m1/s1. The molecule has 0 aliphatic carbocycles. The van der Waals surface area contributed by atoms with Crippen LogP contribution in [0.4, 0.5) is 0 Å². The molecule has 11 heteroatoms. The first kappa shape index (κ1) is 22.4. The minimum atomic E-state index is -1.72. The summed E-state index contributed by atoms with van der Waals surface area (Å²) in [6.07, 6.45) is -10.2. The largest absolute Gasteiger partial charge is 0.507 e. The molecule has 9 N–H and O–H groups in total. The number of hydrogen-bond donors (Lipinski definition) is 9. The molecule has 4 rings (SSSR count). The fourth-order valence-electron chi connectivity index (χ4n) is 4.17. The highest BCUT2D eigenvalue weighted by atomic mass is 16.5. The van der Waals surface area contributed by atoms with Crippen LogP contribution in [0, 0.1) is 0 Å². The van der Waals surface area contributed by atoms with Gasteiger partial charge in [-0.2, -0.15) is 0 Å². The topological polar surface area (TPSA) is 201 Å². The van der Waals surface area contributed by atoms with Gasteiger partial charge in [-0.1, -0.05) is 6.07 Å². The van der Waals surface area contributed by atoms with Gasteiger partial charge in [0, 0.05) is 18.1 Å². The summed E-state index contributed by atoms with van der Waals surface area (Å²) in [5, 5.41) is 91.0. The second-order valence-corrected chi connectivity index (χ2v) is 7.94. The van der Waals surface area contributed by atoms with Crippen LogP contribution in [0.15, 0.2) is 24.3 Å². The summed E-state index contributed by atoms with van der Waals surface area (Å²) in [4.78, 5) is 0. The average Bonchev–Trinajstić information content (AvgIpc) is 2.75. The Labute approximate surface area is 181 Å². The summed E-state index contributed by atoms with van der Waals surface area (Å²) in [6.45, 7) is -0.683. The van der Waals surface area contributed by atoms with E-state index >= 15 is 0 Å². The van der Waals surface area contributed by atoms with Crippen LogP contribution in [0.3, 0.4) is 0 Å². The molecule has 7 atom stereocenters. The summed E-state index contributed by atoms with van der Waals surface area (Å²) in [7, 11) is 0. The zero-order chi connectivity index (χ0) is 23.3. The van der Waals surface area contributed by atoms with Gasteiger partial charge in [0.05, 0.1) is 18.3 Å². The highest BCUT2D eigenvalue weighted by molar-refractivity contribution is 5.59. The first-order chi connectivity index (χ1) is 15.1. The normalized spacial score (nSPS) is 32.2. The number of phenolic OH excluding ortho intramolecular Hbond substituents is 4. The van der Waals surface area contributed by atoms with E-state index in [1.54, 1.807) is 0 Å². The fraction of sp³-hybridized carbons (Fsp3) is 0.429. The molecule has 2 aromatic carbocycles. The van der Waals surface area contributed by atoms with Crippen molar-refractivity contribution in [3.05, 3.63) is 41.0 Å². The number of aromatic hydroxyl groups is 4. The lowest BCUT2D eigenvalue weighted by Gasteiger charge is -2.42. The number of fused-ring (bicyclic) bond motifs is 1. The van der Waals surface area contributed by atoms with Crippen LogP contribution in [-0.2, 0) is 11.2 Å². The molecule has 0 aromatic heterocycles. The predicted molar refractivity (Wildman–Crippen MR) is 105 cm³/mol. The number of aliphatic hydroxyl groups excluding tert-OH is 5. The molecular weight excluding hydrogens is 428 g/mol. The quantitative estimate of drug-likeness (QED) is 0.260. The SMILES string of the molecule is OC[C@H]1O[C@@H](c2c(O)cc(O)c3c2O[C@H](c2ccc(O)c(O)c2)[C@H](O)C3)[C@H](O)[C@@H](O)[C@H]1O. The smallest absolute Gasteiger partial charge is 0.157 e. The van der Waals surface area contributed by atoms with Crippen LogP contribution in [0.2, 0.25) is 0 Å². The van der Waals surface area contributed by atoms with Crippen molar-refractivity contribution in [3.63, 3.8) is 0 Å². The minimum absolute atomic E-state index is 0.0986. The van der Waals surface area contributed by atoms with Gasteiger partial charge in [-0.15, -0.1) is 0 Å². The van der Waals surface area contributed by atoms with Crippen LogP contribution in [-0.4, -0.2) is 83.1 Å². The number of ether oxygens (including phenoxy) is 2. The lowest BCUT2D eigenvalue weighted by Crippen LogP contribution is -2.55. The molecular formula is C21H24O11. The number of aliphatic hydroxyl groups is 5. The molecule has 0 bridgehead atoms. The van der Waals surface area contributed by atoms with Crippen LogP contribution in [0.1, 0.15) is 28.9 Å². The van der Waals surface area contributed by atoms with E-state index in [-0.39, 0.29) is 34.6 Å². The lowest BCUT2D eigenvalue weighted by atomic mass is 9.86. The van der Waals surface area contributed by atoms with Gasteiger partial charge in [-0.25, -0.2) is 0 Å². The molecule has 0 amide bonds. The molecule has 2 heterocycles. The zero-order valence-electron chi connectivity index (χ0n) is 16.6. The summed E-state index contributed by atoms with van der Waals surface area (Å²) in [6, 6.07) is 4.77. The van der Waals surface area contributed by atoms with Gasteiger partial charge in [0.15, 0.2) is 11.5 Å². The third kappa shape index (κ3) is 3.58. The van der Waals surface area contributed by atoms with Gasteiger partial charge in [0.1, 0.15) is 53.9 Å². The van der Waals surface area contributed by atoms with Gasteiger partial charge in [0.2, 0.25) is 0 Å². The first-order valence-electron chi connectivity index (χ1n) is 9.88. The van der Waals surface area contributed by atoms with Crippen molar-refractivity contribution < 1.29 is 55.4 Å². The Morgan fingerprint density at radius 3 is 2.16 bits per heavy atom. The minimum Gasteiger partial charge on any atom is -0.507 e. The van der Waals surface area contributed by atoms with E-state index in [0.29, 0.717) is 0 Å². The van der Waals surface area contributed by atoms with E-state index in [9.17, 15) is 46.0 Å². The zero-order valence-corrected chi connectivity index (χ0v) is 16.6. The molecule has 1 fully saturated rings. The molecule has 0 saturated carbocycles. The van der Waals surface area contributed by atoms with Gasteiger partial charge in [0.25, 0.3) is 0 Å². The maximum absolute atomic E-state index is 10.6. The predicted octanol–water partition coefficient (Wildman–Crippen LogP) is -0.939. The Morgan fingerprint density at radius 2 is 1.50 bits per heavy atom. The van der Waals surface area contributed by atoms with Crippen molar-refractivity contribution in [3.8, 4) is 28.7 Å². The van der Waals surface area contributed by atoms with E-state index in [1.807, 2.05) is 0 Å². The maximum Gasteiger partial charge on any atom is 0.157 e. The molecule has 32 heavy (non-hydrogen) atoms. The second-order valence-electron chi connectivity index (χ2n) is 7.94. The Hall–Kier alpha value is -2.80. The van der Waals surface area contributed by atoms with Gasteiger partial charge in [-0.05, 0) is 17.7 Å². The summed E-state index contributed by atoms with van der Waals surface area (Å²) in [5.74, 6) is -1.89. The highest BCUT2D eigenvalue weighted by Crippen LogP contribution is 2.50. The molecule has 2 aliphatic rings. The Morgan fingerprint density at radius 1 is 0.781 bits per heavy atom. The van der Waals surface area contributed by atoms with Gasteiger partial charge >= 0.3 is 0 Å². The van der Waals surface area contributed by atoms with Crippen LogP contribution >= 0.6 is 0 Å². The first-order valence-corrected chi connectivity index (χ1v) is 9.88. The Bertz CT molecular complexity index is 1010. The lowest BCUT2D eigenvalue weighted by molar-refractivity contribution is -0.232. The number of benzene rings is 2. The maximum atomic E-state index is 10.6. The second kappa shape index (κ2) is 8.28. The van der Waals surface area contributed by atoms with Crippen molar-refractivity contribution in [1.29, 1.82) is 0 Å². The summed E-state index contributed by atoms with van der Waals surface area (Å²) < 4.78 is 11.4. The van der Waals surface area contributed by atoms with Crippen molar-refractivity contribution in [1.82, 2.24) is 0 Å². The summed E-state index contributed by atoms with van der Waals surface area (Å²) in [5.41, 5.74) is 0.220. The average molecular weight is 452 g/mol. The Balaban J connectivity index is 1.80. The molecule has 1 saturated heterocycles. The van der Waals surface area contributed by atoms with Gasteiger partial charge < -0.3 is 55.4 Å². The molecule has 11 nitrogen and oxygen atoms in total. The number of hydrogen-bond acceptors (Lipinski definition) is 11. The van der Waals surface area contributed by atoms with Crippen molar-refractivity contribution in [2.24, 2.45) is 0 Å².